The molecule has 1 aliphatic heterocycles. The topological polar surface area (TPSA) is 70.0 Å². The van der Waals surface area contributed by atoms with Gasteiger partial charge in [0.15, 0.2) is 0 Å². The number of fused-ring (bicyclic) bond motifs is 1. The average Bonchev–Trinajstić information content (AvgIpc) is 3.32. The van der Waals surface area contributed by atoms with Gasteiger partial charge in [-0.25, -0.2) is 0 Å². The van der Waals surface area contributed by atoms with E-state index >= 15 is 0 Å². The molecule has 180 valence electrons. The number of hydrogen-bond acceptors (Lipinski definition) is 4. The van der Waals surface area contributed by atoms with E-state index < -0.39 is 6.10 Å². The lowest BCUT2D eigenvalue weighted by Gasteiger charge is -2.26. The molecule has 2 N–H and O–H groups in total. The first-order chi connectivity index (χ1) is 16.0. The zero-order valence-electron chi connectivity index (χ0n) is 19.9. The zero-order valence-corrected chi connectivity index (χ0v) is 19.9. The van der Waals surface area contributed by atoms with E-state index in [2.05, 4.69) is 25.1 Å². The number of aliphatic hydroxyl groups excluding tert-OH is 2. The summed E-state index contributed by atoms with van der Waals surface area (Å²) in [5.41, 5.74) is 3.60. The number of amides is 1. The lowest BCUT2D eigenvalue weighted by Crippen LogP contribution is -2.36. The van der Waals surface area contributed by atoms with Gasteiger partial charge in [-0.1, -0.05) is 48.1 Å². The van der Waals surface area contributed by atoms with Crippen molar-refractivity contribution in [2.75, 3.05) is 26.3 Å². The fourth-order valence-electron chi connectivity index (χ4n) is 5.78. The second-order valence-corrected chi connectivity index (χ2v) is 10.1. The highest BCUT2D eigenvalue weighted by molar-refractivity contribution is 5.76. The van der Waals surface area contributed by atoms with Gasteiger partial charge in [0, 0.05) is 25.4 Å². The molecule has 33 heavy (non-hydrogen) atoms. The van der Waals surface area contributed by atoms with Gasteiger partial charge in [-0.2, -0.15) is 0 Å². The summed E-state index contributed by atoms with van der Waals surface area (Å²) in [6, 6.07) is 8.22. The van der Waals surface area contributed by atoms with Gasteiger partial charge in [-0.05, 0) is 62.0 Å². The number of ether oxygens (including phenoxy) is 1. The number of benzene rings is 1. The lowest BCUT2D eigenvalue weighted by atomic mass is 9.89. The number of likely N-dealkylation sites (tertiary alicyclic amines) is 1. The molecule has 0 unspecified atom stereocenters. The van der Waals surface area contributed by atoms with Crippen molar-refractivity contribution in [2.45, 2.75) is 64.1 Å². The molecule has 0 radical (unpaired) electrons. The Labute approximate surface area is 198 Å². The molecule has 1 aromatic carbocycles. The fourth-order valence-corrected chi connectivity index (χ4v) is 5.78. The number of aryl methyl sites for hydroxylation is 1. The minimum Gasteiger partial charge on any atom is -0.392 e. The predicted molar refractivity (Wildman–Crippen MR) is 130 cm³/mol. The predicted octanol–water partition coefficient (Wildman–Crippen LogP) is 3.82. The van der Waals surface area contributed by atoms with Crippen LogP contribution in [0.15, 0.2) is 48.1 Å². The maximum Gasteiger partial charge on any atom is 0.224 e. The number of rotatable bonds is 9. The summed E-state index contributed by atoms with van der Waals surface area (Å²) in [7, 11) is 0. The molecular formula is C28H39NO4. The van der Waals surface area contributed by atoms with Crippen LogP contribution in [-0.2, 0) is 16.0 Å². The number of allylic oxidation sites excluding steroid dienone is 1. The van der Waals surface area contributed by atoms with Gasteiger partial charge in [0.2, 0.25) is 5.91 Å². The highest BCUT2D eigenvalue weighted by Gasteiger charge is 2.43. The van der Waals surface area contributed by atoms with Crippen molar-refractivity contribution >= 4 is 5.91 Å². The van der Waals surface area contributed by atoms with Gasteiger partial charge >= 0.3 is 0 Å². The van der Waals surface area contributed by atoms with Crippen molar-refractivity contribution in [3.63, 3.8) is 0 Å². The third-order valence-corrected chi connectivity index (χ3v) is 7.49. The molecule has 4 rings (SSSR count). The monoisotopic (exact) mass is 453 g/mol. The Hall–Kier alpha value is -1.95. The minimum atomic E-state index is -0.548. The van der Waals surface area contributed by atoms with E-state index in [9.17, 15) is 15.0 Å². The van der Waals surface area contributed by atoms with E-state index in [4.69, 9.17) is 4.74 Å². The number of piperidine rings is 1. The summed E-state index contributed by atoms with van der Waals surface area (Å²) in [5.74, 6) is 1.02. The van der Waals surface area contributed by atoms with Crippen molar-refractivity contribution in [1.29, 1.82) is 0 Å². The lowest BCUT2D eigenvalue weighted by molar-refractivity contribution is -0.133. The molecule has 5 nitrogen and oxygen atoms in total. The number of aliphatic hydroxyl groups is 2. The Bertz CT molecular complexity index is 857. The number of carbonyl (C=O) groups is 1. The van der Waals surface area contributed by atoms with Crippen LogP contribution in [0.2, 0.25) is 0 Å². The van der Waals surface area contributed by atoms with Crippen molar-refractivity contribution in [1.82, 2.24) is 4.90 Å². The second-order valence-electron chi connectivity index (χ2n) is 10.1. The van der Waals surface area contributed by atoms with Crippen molar-refractivity contribution in [3.05, 3.63) is 59.2 Å². The van der Waals surface area contributed by atoms with Crippen LogP contribution in [0, 0.1) is 24.7 Å². The maximum atomic E-state index is 12.3. The molecule has 1 saturated carbocycles. The summed E-state index contributed by atoms with van der Waals surface area (Å²) in [6.07, 6.45) is 11.5. The molecule has 1 heterocycles. The van der Waals surface area contributed by atoms with E-state index in [0.29, 0.717) is 37.9 Å². The van der Waals surface area contributed by atoms with Gasteiger partial charge < -0.3 is 19.8 Å². The molecule has 2 fully saturated rings. The Kier molecular flexibility index (Phi) is 8.39. The molecule has 0 spiro atoms. The summed E-state index contributed by atoms with van der Waals surface area (Å²) in [4.78, 5) is 14.2. The van der Waals surface area contributed by atoms with E-state index in [1.54, 1.807) is 0 Å². The maximum absolute atomic E-state index is 12.3. The Morgan fingerprint density at radius 2 is 2.09 bits per heavy atom. The van der Waals surface area contributed by atoms with Crippen LogP contribution >= 0.6 is 0 Å². The molecule has 0 aromatic heterocycles. The largest absolute Gasteiger partial charge is 0.392 e. The SMILES string of the molecule is Cc1cccc(C[C@@H](O)C=C[C@@H]2[C@H]3CC(COCCC(=O)N4CCCCC4)=C[C@H]3C[C@H]2O)c1. The third kappa shape index (κ3) is 6.56. The molecule has 2 aliphatic carbocycles. The van der Waals surface area contributed by atoms with E-state index in [0.717, 1.165) is 44.3 Å². The number of hydrogen-bond donors (Lipinski definition) is 2. The van der Waals surface area contributed by atoms with E-state index in [1.807, 2.05) is 29.2 Å². The Balaban J connectivity index is 1.21. The average molecular weight is 454 g/mol. The van der Waals surface area contributed by atoms with Gasteiger partial charge in [-0.3, -0.25) is 4.79 Å². The zero-order chi connectivity index (χ0) is 23.2. The Morgan fingerprint density at radius 1 is 1.27 bits per heavy atom. The third-order valence-electron chi connectivity index (χ3n) is 7.49. The molecule has 5 atom stereocenters. The summed E-state index contributed by atoms with van der Waals surface area (Å²) in [5, 5.41) is 21.1. The summed E-state index contributed by atoms with van der Waals surface area (Å²) in [6.45, 7) is 4.89. The van der Waals surface area contributed by atoms with E-state index in [-0.39, 0.29) is 17.9 Å². The van der Waals surface area contributed by atoms with E-state index in [1.165, 1.54) is 17.6 Å². The van der Waals surface area contributed by atoms with Gasteiger partial charge in [0.05, 0.1) is 31.8 Å². The highest BCUT2D eigenvalue weighted by Crippen LogP contribution is 2.47. The first-order valence-corrected chi connectivity index (χ1v) is 12.6. The Morgan fingerprint density at radius 3 is 2.88 bits per heavy atom. The normalized spacial score (nSPS) is 28.2. The van der Waals surface area contributed by atoms with Crippen LogP contribution in [0.5, 0.6) is 0 Å². The second kappa shape index (κ2) is 11.5. The van der Waals surface area contributed by atoms with Crippen LogP contribution in [-0.4, -0.2) is 59.5 Å². The molecule has 1 amide bonds. The fraction of sp³-hybridized carbons (Fsp3) is 0.607. The summed E-state index contributed by atoms with van der Waals surface area (Å²) < 4.78 is 5.84. The van der Waals surface area contributed by atoms with Crippen molar-refractivity contribution in [2.24, 2.45) is 17.8 Å². The smallest absolute Gasteiger partial charge is 0.224 e. The molecule has 5 heteroatoms. The highest BCUT2D eigenvalue weighted by atomic mass is 16.5. The molecule has 1 saturated heterocycles. The van der Waals surface area contributed by atoms with Crippen LogP contribution in [0.4, 0.5) is 0 Å². The standard InChI is InChI=1S/C28H39NO4/c1-20-6-5-7-21(14-20)16-24(30)8-9-25-26-17-22(15-23(26)18-27(25)31)19-33-13-10-28(32)29-11-3-2-4-12-29/h5-9,14-15,23-27,30-31H,2-4,10-13,16-19H2,1H3/t23-,24-,25+,26-,27+/m0/s1. The minimum absolute atomic E-state index is 0.0663. The number of carbonyl (C=O) groups excluding carboxylic acids is 1. The quantitative estimate of drug-likeness (QED) is 0.441. The first kappa shape index (κ1) is 24.2. The molecule has 3 aliphatic rings. The van der Waals surface area contributed by atoms with Gasteiger partial charge in [0.25, 0.3) is 0 Å². The van der Waals surface area contributed by atoms with Crippen molar-refractivity contribution < 1.29 is 19.7 Å². The van der Waals surface area contributed by atoms with Crippen molar-refractivity contribution in [3.8, 4) is 0 Å². The van der Waals surface area contributed by atoms with Crippen LogP contribution in [0.3, 0.4) is 0 Å². The molecule has 0 bridgehead atoms. The first-order valence-electron chi connectivity index (χ1n) is 12.6. The van der Waals surface area contributed by atoms with Crippen LogP contribution in [0.25, 0.3) is 0 Å². The molecule has 1 aromatic rings. The molecular weight excluding hydrogens is 414 g/mol. The van der Waals surface area contributed by atoms with Gasteiger partial charge in [-0.15, -0.1) is 0 Å². The summed E-state index contributed by atoms with van der Waals surface area (Å²) >= 11 is 0. The van der Waals surface area contributed by atoms with Gasteiger partial charge in [0.1, 0.15) is 0 Å². The number of nitrogens with zero attached hydrogens (tertiary/aromatic N) is 1. The van der Waals surface area contributed by atoms with Crippen LogP contribution in [0.1, 0.15) is 49.7 Å². The van der Waals surface area contributed by atoms with Crippen LogP contribution < -0.4 is 0 Å².